The standard InChI is InChI=1S/C21H23FN2O5S/c1-14(2)24-30(27,28)18-11-9-17(10-12-18)23-21(26)15(3)29-20(25)13-8-16-6-4-5-7-19(16)22/h4-15,24H,1-3H3,(H,23,26). The zero-order chi connectivity index (χ0) is 22.3. The van der Waals surface area contributed by atoms with E-state index in [1.54, 1.807) is 19.9 Å². The van der Waals surface area contributed by atoms with Crippen LogP contribution >= 0.6 is 0 Å². The number of halogens is 1. The Balaban J connectivity index is 1.94. The highest BCUT2D eigenvalue weighted by molar-refractivity contribution is 7.89. The molecule has 1 unspecified atom stereocenters. The second-order valence-electron chi connectivity index (χ2n) is 6.72. The molecule has 0 bridgehead atoms. The van der Waals surface area contributed by atoms with E-state index in [1.807, 2.05) is 0 Å². The van der Waals surface area contributed by atoms with Gasteiger partial charge in [0.25, 0.3) is 5.91 Å². The van der Waals surface area contributed by atoms with E-state index in [2.05, 4.69) is 10.0 Å². The van der Waals surface area contributed by atoms with E-state index in [0.717, 1.165) is 6.08 Å². The fraction of sp³-hybridized carbons (Fsp3) is 0.238. The second-order valence-corrected chi connectivity index (χ2v) is 8.44. The summed E-state index contributed by atoms with van der Waals surface area (Å²) in [5.74, 6) is -1.89. The molecule has 9 heteroatoms. The molecule has 0 radical (unpaired) electrons. The van der Waals surface area contributed by atoms with Crippen LogP contribution in [0.15, 0.2) is 59.5 Å². The lowest BCUT2D eigenvalue weighted by molar-refractivity contribution is -0.148. The Morgan fingerprint density at radius 2 is 1.67 bits per heavy atom. The molecular formula is C21H23FN2O5S. The third-order valence-electron chi connectivity index (χ3n) is 3.79. The molecule has 0 aliphatic rings. The molecule has 0 aliphatic heterocycles. The summed E-state index contributed by atoms with van der Waals surface area (Å²) < 4.78 is 45.2. The van der Waals surface area contributed by atoms with E-state index >= 15 is 0 Å². The van der Waals surface area contributed by atoms with Crippen LogP contribution in [0, 0.1) is 5.82 Å². The first-order chi connectivity index (χ1) is 14.1. The first-order valence-electron chi connectivity index (χ1n) is 9.15. The SMILES string of the molecule is CC(C)NS(=O)(=O)c1ccc(NC(=O)C(C)OC(=O)C=Cc2ccccc2F)cc1. The molecule has 0 spiro atoms. The minimum absolute atomic E-state index is 0.0620. The smallest absolute Gasteiger partial charge is 0.331 e. The van der Waals surface area contributed by atoms with Crippen LogP contribution in [0.1, 0.15) is 26.3 Å². The zero-order valence-corrected chi connectivity index (χ0v) is 17.6. The monoisotopic (exact) mass is 434 g/mol. The fourth-order valence-electron chi connectivity index (χ4n) is 2.37. The summed E-state index contributed by atoms with van der Waals surface area (Å²) in [6.07, 6.45) is 1.17. The van der Waals surface area contributed by atoms with E-state index in [-0.39, 0.29) is 16.5 Å². The highest BCUT2D eigenvalue weighted by Gasteiger charge is 2.18. The number of carbonyl (C=O) groups is 2. The highest BCUT2D eigenvalue weighted by atomic mass is 32.2. The van der Waals surface area contributed by atoms with Crippen LogP contribution < -0.4 is 10.0 Å². The first kappa shape index (κ1) is 23.2. The Labute approximate surface area is 175 Å². The van der Waals surface area contributed by atoms with E-state index in [0.29, 0.717) is 5.69 Å². The third kappa shape index (κ3) is 6.78. The van der Waals surface area contributed by atoms with Crippen LogP contribution in [-0.2, 0) is 24.3 Å². The Morgan fingerprint density at radius 1 is 1.03 bits per heavy atom. The number of hydrogen-bond donors (Lipinski definition) is 2. The molecular weight excluding hydrogens is 411 g/mol. The van der Waals surface area contributed by atoms with Crippen LogP contribution in [0.25, 0.3) is 6.08 Å². The molecule has 7 nitrogen and oxygen atoms in total. The molecule has 2 aromatic carbocycles. The van der Waals surface area contributed by atoms with Crippen molar-refractivity contribution in [2.45, 2.75) is 37.8 Å². The molecule has 0 saturated heterocycles. The number of rotatable bonds is 8. The Kier molecular flexibility index (Phi) is 7.85. The summed E-state index contributed by atoms with van der Waals surface area (Å²) in [6, 6.07) is 11.2. The van der Waals surface area contributed by atoms with Gasteiger partial charge < -0.3 is 10.1 Å². The molecule has 1 atom stereocenters. The van der Waals surface area contributed by atoms with Crippen LogP contribution in [0.4, 0.5) is 10.1 Å². The molecule has 0 aromatic heterocycles. The van der Waals surface area contributed by atoms with Crippen molar-refractivity contribution in [1.29, 1.82) is 0 Å². The molecule has 1 amide bonds. The summed E-state index contributed by atoms with van der Waals surface area (Å²) in [7, 11) is -3.64. The maximum Gasteiger partial charge on any atom is 0.331 e. The van der Waals surface area contributed by atoms with Gasteiger partial charge in [-0.15, -0.1) is 0 Å². The van der Waals surface area contributed by atoms with Crippen LogP contribution in [0.5, 0.6) is 0 Å². The van der Waals surface area contributed by atoms with Gasteiger partial charge in [-0.3, -0.25) is 4.79 Å². The normalized spacial score (nSPS) is 12.7. The van der Waals surface area contributed by atoms with Crippen molar-refractivity contribution in [1.82, 2.24) is 4.72 Å². The van der Waals surface area contributed by atoms with Gasteiger partial charge in [-0.25, -0.2) is 22.3 Å². The van der Waals surface area contributed by atoms with E-state index < -0.39 is 33.8 Å². The number of amides is 1. The number of sulfonamides is 1. The number of nitrogens with one attached hydrogen (secondary N) is 2. The number of benzene rings is 2. The lowest BCUT2D eigenvalue weighted by atomic mass is 10.2. The molecule has 0 heterocycles. The number of esters is 1. The number of hydrogen-bond acceptors (Lipinski definition) is 5. The molecule has 2 rings (SSSR count). The van der Waals surface area contributed by atoms with Crippen LogP contribution in [-0.4, -0.2) is 32.4 Å². The average Bonchev–Trinajstić information content (AvgIpc) is 2.66. The van der Waals surface area contributed by atoms with Gasteiger partial charge in [0.05, 0.1) is 4.90 Å². The maximum atomic E-state index is 13.5. The van der Waals surface area contributed by atoms with E-state index in [1.165, 1.54) is 55.5 Å². The maximum absolute atomic E-state index is 13.5. The predicted octanol–water partition coefficient (Wildman–Crippen LogP) is 3.10. The molecule has 160 valence electrons. The van der Waals surface area contributed by atoms with Gasteiger partial charge in [0, 0.05) is 23.4 Å². The predicted molar refractivity (Wildman–Crippen MR) is 112 cm³/mol. The lowest BCUT2D eigenvalue weighted by Gasteiger charge is -2.13. The van der Waals surface area contributed by atoms with E-state index in [4.69, 9.17) is 4.74 Å². The Morgan fingerprint density at radius 3 is 2.27 bits per heavy atom. The van der Waals surface area contributed by atoms with Gasteiger partial charge in [0.1, 0.15) is 5.82 Å². The minimum atomic E-state index is -3.64. The van der Waals surface area contributed by atoms with Gasteiger partial charge in [-0.2, -0.15) is 0 Å². The lowest BCUT2D eigenvalue weighted by Crippen LogP contribution is -2.30. The van der Waals surface area contributed by atoms with Crippen LogP contribution in [0.3, 0.4) is 0 Å². The largest absolute Gasteiger partial charge is 0.449 e. The van der Waals surface area contributed by atoms with Crippen molar-refractivity contribution in [2.24, 2.45) is 0 Å². The topological polar surface area (TPSA) is 102 Å². The Hall–Kier alpha value is -3.04. The molecule has 2 aromatic rings. The van der Waals surface area contributed by atoms with Gasteiger partial charge in [-0.05, 0) is 57.2 Å². The van der Waals surface area contributed by atoms with Gasteiger partial charge in [0.15, 0.2) is 6.10 Å². The van der Waals surface area contributed by atoms with Crippen molar-refractivity contribution < 1.29 is 27.1 Å². The second kappa shape index (κ2) is 10.1. The fourth-order valence-corrected chi connectivity index (χ4v) is 3.63. The number of anilines is 1. The summed E-state index contributed by atoms with van der Waals surface area (Å²) >= 11 is 0. The minimum Gasteiger partial charge on any atom is -0.449 e. The summed E-state index contributed by atoms with van der Waals surface area (Å²) in [4.78, 5) is 24.1. The Bertz CT molecular complexity index is 1030. The molecule has 0 fully saturated rings. The van der Waals surface area contributed by atoms with Gasteiger partial charge in [0.2, 0.25) is 10.0 Å². The van der Waals surface area contributed by atoms with Crippen molar-refractivity contribution in [3.63, 3.8) is 0 Å². The average molecular weight is 434 g/mol. The third-order valence-corrected chi connectivity index (χ3v) is 5.46. The molecule has 0 aliphatic carbocycles. The molecule has 0 saturated carbocycles. The number of ether oxygens (including phenoxy) is 1. The molecule has 30 heavy (non-hydrogen) atoms. The van der Waals surface area contributed by atoms with Gasteiger partial charge >= 0.3 is 5.97 Å². The van der Waals surface area contributed by atoms with Crippen molar-refractivity contribution in [3.8, 4) is 0 Å². The van der Waals surface area contributed by atoms with E-state index in [9.17, 15) is 22.4 Å². The summed E-state index contributed by atoms with van der Waals surface area (Å²) in [5, 5.41) is 2.53. The van der Waals surface area contributed by atoms with Crippen molar-refractivity contribution >= 4 is 33.7 Å². The van der Waals surface area contributed by atoms with Gasteiger partial charge in [-0.1, -0.05) is 18.2 Å². The number of carbonyl (C=O) groups excluding carboxylic acids is 2. The summed E-state index contributed by atoms with van der Waals surface area (Å²) in [6.45, 7) is 4.80. The summed E-state index contributed by atoms with van der Waals surface area (Å²) in [5.41, 5.74) is 0.557. The quantitative estimate of drug-likeness (QED) is 0.491. The zero-order valence-electron chi connectivity index (χ0n) is 16.8. The highest BCUT2D eigenvalue weighted by Crippen LogP contribution is 2.15. The van der Waals surface area contributed by atoms with Crippen molar-refractivity contribution in [2.75, 3.05) is 5.32 Å². The van der Waals surface area contributed by atoms with Crippen LogP contribution in [0.2, 0.25) is 0 Å². The molecule has 2 N–H and O–H groups in total. The first-order valence-corrected chi connectivity index (χ1v) is 10.6. The van der Waals surface area contributed by atoms with Crippen molar-refractivity contribution in [3.05, 3.63) is 66.0 Å².